The Bertz CT molecular complexity index is 304. The van der Waals surface area contributed by atoms with E-state index in [9.17, 15) is 4.79 Å². The van der Waals surface area contributed by atoms with Gasteiger partial charge in [-0.2, -0.15) is 0 Å². The van der Waals surface area contributed by atoms with Crippen LogP contribution in [0.4, 0.5) is 0 Å². The molecule has 0 radical (unpaired) electrons. The van der Waals surface area contributed by atoms with Gasteiger partial charge in [-0.05, 0) is 30.6 Å². The van der Waals surface area contributed by atoms with Crippen molar-refractivity contribution in [3.05, 3.63) is 0 Å². The number of hydrogen-bond acceptors (Lipinski definition) is 2. The van der Waals surface area contributed by atoms with Crippen LogP contribution >= 0.6 is 0 Å². The molecule has 0 aliphatic carbocycles. The third-order valence-corrected chi connectivity index (χ3v) is 3.75. The summed E-state index contributed by atoms with van der Waals surface area (Å²) >= 11 is 0. The van der Waals surface area contributed by atoms with Crippen molar-refractivity contribution in [1.82, 2.24) is 4.90 Å². The van der Waals surface area contributed by atoms with Crippen LogP contribution in [-0.2, 0) is 9.53 Å². The Labute approximate surface area is 125 Å². The standard InChI is InChI=1S/C17H33NO2/c1-16(2,3)13-20-12-9-14-7-10-18(11-8-14)15(19)17(4,5)6/h14H,7-13H2,1-6H3. The highest BCUT2D eigenvalue weighted by molar-refractivity contribution is 5.81. The minimum atomic E-state index is -0.247. The van der Waals surface area contributed by atoms with Gasteiger partial charge in [-0.3, -0.25) is 4.79 Å². The van der Waals surface area contributed by atoms with E-state index in [1.807, 2.05) is 25.7 Å². The number of amides is 1. The summed E-state index contributed by atoms with van der Waals surface area (Å²) in [5, 5.41) is 0. The fourth-order valence-corrected chi connectivity index (χ4v) is 2.53. The Morgan fingerprint density at radius 3 is 2.10 bits per heavy atom. The molecule has 0 aromatic rings. The number of likely N-dealkylation sites (tertiary alicyclic amines) is 1. The Morgan fingerprint density at radius 1 is 1.10 bits per heavy atom. The molecule has 1 fully saturated rings. The first-order valence-electron chi connectivity index (χ1n) is 7.97. The number of carbonyl (C=O) groups is 1. The normalized spacial score (nSPS) is 18.4. The molecule has 3 nitrogen and oxygen atoms in total. The largest absolute Gasteiger partial charge is 0.381 e. The lowest BCUT2D eigenvalue weighted by molar-refractivity contribution is -0.141. The Hall–Kier alpha value is -0.570. The fraction of sp³-hybridized carbons (Fsp3) is 0.941. The lowest BCUT2D eigenvalue weighted by Gasteiger charge is -2.35. The van der Waals surface area contributed by atoms with Gasteiger partial charge in [0, 0.05) is 25.1 Å². The van der Waals surface area contributed by atoms with Gasteiger partial charge in [-0.25, -0.2) is 0 Å². The van der Waals surface area contributed by atoms with E-state index in [0.29, 0.717) is 5.91 Å². The van der Waals surface area contributed by atoms with Crippen LogP contribution in [0.2, 0.25) is 0 Å². The zero-order valence-electron chi connectivity index (χ0n) is 14.3. The maximum Gasteiger partial charge on any atom is 0.227 e. The molecular formula is C17H33NO2. The average Bonchev–Trinajstić information content (AvgIpc) is 2.32. The molecule has 1 rings (SSSR count). The summed E-state index contributed by atoms with van der Waals surface area (Å²) in [5.41, 5.74) is 0.00511. The second kappa shape index (κ2) is 6.93. The zero-order valence-corrected chi connectivity index (χ0v) is 14.3. The summed E-state index contributed by atoms with van der Waals surface area (Å²) in [7, 11) is 0. The summed E-state index contributed by atoms with van der Waals surface area (Å²) in [6.45, 7) is 16.1. The number of nitrogens with zero attached hydrogens (tertiary/aromatic N) is 1. The van der Waals surface area contributed by atoms with Crippen molar-refractivity contribution in [1.29, 1.82) is 0 Å². The van der Waals surface area contributed by atoms with Gasteiger partial charge in [0.05, 0.1) is 6.61 Å². The van der Waals surface area contributed by atoms with Crippen molar-refractivity contribution >= 4 is 5.91 Å². The Morgan fingerprint density at radius 2 is 1.65 bits per heavy atom. The van der Waals surface area contributed by atoms with Crippen LogP contribution in [0.15, 0.2) is 0 Å². The smallest absolute Gasteiger partial charge is 0.227 e. The molecule has 1 amide bonds. The number of piperidine rings is 1. The van der Waals surface area contributed by atoms with Crippen molar-refractivity contribution in [2.24, 2.45) is 16.7 Å². The van der Waals surface area contributed by atoms with Gasteiger partial charge in [0.1, 0.15) is 0 Å². The molecule has 0 unspecified atom stereocenters. The third kappa shape index (κ3) is 6.25. The fourth-order valence-electron chi connectivity index (χ4n) is 2.53. The maximum absolute atomic E-state index is 12.2. The van der Waals surface area contributed by atoms with Crippen LogP contribution in [0.25, 0.3) is 0 Å². The highest BCUT2D eigenvalue weighted by Gasteiger charge is 2.30. The van der Waals surface area contributed by atoms with Gasteiger partial charge in [-0.15, -0.1) is 0 Å². The summed E-state index contributed by atoms with van der Waals surface area (Å²) in [5.74, 6) is 1.01. The SMILES string of the molecule is CC(C)(C)COCCC1CCN(C(=O)C(C)(C)C)CC1. The van der Waals surface area contributed by atoms with Crippen LogP contribution in [0.5, 0.6) is 0 Å². The lowest BCUT2D eigenvalue weighted by Crippen LogP contribution is -2.44. The van der Waals surface area contributed by atoms with E-state index in [2.05, 4.69) is 20.8 Å². The second-order valence-electron chi connectivity index (χ2n) is 8.39. The molecule has 1 aliphatic heterocycles. The molecule has 1 aliphatic rings. The highest BCUT2D eigenvalue weighted by Crippen LogP contribution is 2.25. The van der Waals surface area contributed by atoms with Crippen LogP contribution < -0.4 is 0 Å². The van der Waals surface area contributed by atoms with Gasteiger partial charge in [-0.1, -0.05) is 41.5 Å². The van der Waals surface area contributed by atoms with Crippen LogP contribution in [-0.4, -0.2) is 37.1 Å². The predicted octanol–water partition coefficient (Wildman–Crippen LogP) is 3.72. The van der Waals surface area contributed by atoms with E-state index in [1.54, 1.807) is 0 Å². The zero-order chi connectivity index (χ0) is 15.4. The second-order valence-corrected chi connectivity index (χ2v) is 8.39. The number of rotatable bonds is 4. The first kappa shape index (κ1) is 17.5. The Balaban J connectivity index is 2.21. The molecule has 0 bridgehead atoms. The van der Waals surface area contributed by atoms with Crippen molar-refractivity contribution in [3.8, 4) is 0 Å². The average molecular weight is 283 g/mol. The molecule has 0 spiro atoms. The lowest BCUT2D eigenvalue weighted by atomic mass is 9.90. The van der Waals surface area contributed by atoms with Crippen LogP contribution in [0, 0.1) is 16.7 Å². The molecule has 118 valence electrons. The summed E-state index contributed by atoms with van der Waals surface area (Å²) in [6.07, 6.45) is 3.38. The van der Waals surface area contributed by atoms with Crippen LogP contribution in [0.1, 0.15) is 60.8 Å². The molecule has 1 saturated heterocycles. The first-order chi connectivity index (χ1) is 9.09. The molecule has 20 heavy (non-hydrogen) atoms. The van der Waals surface area contributed by atoms with Gasteiger partial charge >= 0.3 is 0 Å². The summed E-state index contributed by atoms with van der Waals surface area (Å²) in [4.78, 5) is 14.2. The van der Waals surface area contributed by atoms with E-state index in [4.69, 9.17) is 4.74 Å². The van der Waals surface area contributed by atoms with Crippen molar-refractivity contribution in [3.63, 3.8) is 0 Å². The summed E-state index contributed by atoms with van der Waals surface area (Å²) < 4.78 is 5.75. The van der Waals surface area contributed by atoms with Crippen molar-refractivity contribution < 1.29 is 9.53 Å². The van der Waals surface area contributed by atoms with Crippen molar-refractivity contribution in [2.75, 3.05) is 26.3 Å². The molecule has 0 N–H and O–H groups in total. The van der Waals surface area contributed by atoms with E-state index < -0.39 is 0 Å². The number of carbonyl (C=O) groups excluding carboxylic acids is 1. The van der Waals surface area contributed by atoms with E-state index in [1.165, 1.54) is 0 Å². The molecular weight excluding hydrogens is 250 g/mol. The van der Waals surface area contributed by atoms with Gasteiger partial charge in [0.15, 0.2) is 0 Å². The topological polar surface area (TPSA) is 29.5 Å². The van der Waals surface area contributed by atoms with Gasteiger partial charge in [0.25, 0.3) is 0 Å². The molecule has 0 saturated carbocycles. The van der Waals surface area contributed by atoms with E-state index >= 15 is 0 Å². The third-order valence-electron chi connectivity index (χ3n) is 3.75. The number of ether oxygens (including phenoxy) is 1. The van der Waals surface area contributed by atoms with Crippen LogP contribution in [0.3, 0.4) is 0 Å². The number of hydrogen-bond donors (Lipinski definition) is 0. The van der Waals surface area contributed by atoms with E-state index in [-0.39, 0.29) is 10.8 Å². The van der Waals surface area contributed by atoms with Crippen molar-refractivity contribution in [2.45, 2.75) is 60.8 Å². The quantitative estimate of drug-likeness (QED) is 0.736. The minimum absolute atomic E-state index is 0.247. The first-order valence-corrected chi connectivity index (χ1v) is 7.97. The van der Waals surface area contributed by atoms with E-state index in [0.717, 1.165) is 51.5 Å². The van der Waals surface area contributed by atoms with Gasteiger partial charge < -0.3 is 9.64 Å². The predicted molar refractivity (Wildman–Crippen MR) is 83.7 cm³/mol. The molecule has 3 heteroatoms. The summed E-state index contributed by atoms with van der Waals surface area (Å²) in [6, 6.07) is 0. The Kier molecular flexibility index (Phi) is 6.06. The van der Waals surface area contributed by atoms with Gasteiger partial charge in [0.2, 0.25) is 5.91 Å². The molecule has 0 aromatic carbocycles. The molecule has 0 atom stereocenters. The molecule has 0 aromatic heterocycles. The minimum Gasteiger partial charge on any atom is -0.381 e. The highest BCUT2D eigenvalue weighted by atomic mass is 16.5. The molecule has 1 heterocycles. The monoisotopic (exact) mass is 283 g/mol. The maximum atomic E-state index is 12.2.